The van der Waals surface area contributed by atoms with E-state index < -0.39 is 0 Å². The Bertz CT molecular complexity index is 1630. The maximum atomic E-state index is 4.70. The van der Waals surface area contributed by atoms with Crippen molar-refractivity contribution in [3.05, 3.63) is 138 Å². The van der Waals surface area contributed by atoms with Crippen molar-refractivity contribution in [3.8, 4) is 0 Å². The molecule has 0 amide bonds. The molecule has 0 spiro atoms. The van der Waals surface area contributed by atoms with Crippen LogP contribution in [0.15, 0.2) is 121 Å². The molecular formula is C36H34N2. The first-order valence-electron chi connectivity index (χ1n) is 13.2. The van der Waals surface area contributed by atoms with Gasteiger partial charge < -0.3 is 4.90 Å². The largest absolute Gasteiger partial charge is 0.370 e. The summed E-state index contributed by atoms with van der Waals surface area (Å²) in [5.74, 6) is 0. The molecule has 0 radical (unpaired) electrons. The van der Waals surface area contributed by atoms with Crippen molar-refractivity contribution >= 4 is 45.1 Å². The first-order valence-corrected chi connectivity index (χ1v) is 13.2. The van der Waals surface area contributed by atoms with Gasteiger partial charge in [0.25, 0.3) is 0 Å². The lowest BCUT2D eigenvalue weighted by atomic mass is 9.90. The highest BCUT2D eigenvalue weighted by atomic mass is 15.1. The maximum absolute atomic E-state index is 4.70. The highest BCUT2D eigenvalue weighted by Crippen LogP contribution is 2.36. The SMILES string of the molecule is C=Cc1c(C=C)c2cc(/C(=C/C(=NC)C3=CCCC=C3)N(C)Cc3ccccc3)ccc2c2ccccc12. The lowest BCUT2D eigenvalue weighted by Gasteiger charge is -2.25. The highest BCUT2D eigenvalue weighted by molar-refractivity contribution is 6.16. The van der Waals surface area contributed by atoms with E-state index in [4.69, 9.17) is 4.99 Å². The fraction of sp³-hybridized carbons (Fsp3) is 0.139. The Kier molecular flexibility index (Phi) is 7.51. The minimum atomic E-state index is 0.792. The molecule has 0 N–H and O–H groups in total. The van der Waals surface area contributed by atoms with Gasteiger partial charge in [-0.1, -0.05) is 110 Å². The monoisotopic (exact) mass is 494 g/mol. The molecule has 0 fully saturated rings. The van der Waals surface area contributed by atoms with Gasteiger partial charge in [-0.25, -0.2) is 0 Å². The van der Waals surface area contributed by atoms with Gasteiger partial charge in [-0.05, 0) is 74.4 Å². The predicted octanol–water partition coefficient (Wildman–Crippen LogP) is 9.10. The van der Waals surface area contributed by atoms with E-state index in [0.29, 0.717) is 0 Å². The molecule has 188 valence electrons. The second kappa shape index (κ2) is 11.3. The van der Waals surface area contributed by atoms with Crippen molar-refractivity contribution < 1.29 is 0 Å². The van der Waals surface area contributed by atoms with Gasteiger partial charge >= 0.3 is 0 Å². The lowest BCUT2D eigenvalue weighted by Crippen LogP contribution is -2.18. The Morgan fingerprint density at radius 1 is 0.842 bits per heavy atom. The molecular weight excluding hydrogens is 460 g/mol. The van der Waals surface area contributed by atoms with Gasteiger partial charge in [-0.15, -0.1) is 0 Å². The van der Waals surface area contributed by atoms with Crippen molar-refractivity contribution in [2.45, 2.75) is 19.4 Å². The average Bonchev–Trinajstić information content (AvgIpc) is 2.97. The Morgan fingerprint density at radius 2 is 1.53 bits per heavy atom. The normalized spacial score (nSPS) is 14.0. The molecule has 0 aliphatic heterocycles. The first kappa shape index (κ1) is 25.2. The number of benzene rings is 4. The number of allylic oxidation sites excluding steroid dienone is 5. The van der Waals surface area contributed by atoms with E-state index in [2.05, 4.69) is 122 Å². The maximum Gasteiger partial charge on any atom is 0.0660 e. The Balaban J connectivity index is 1.71. The zero-order valence-electron chi connectivity index (χ0n) is 22.3. The molecule has 1 aliphatic carbocycles. The minimum Gasteiger partial charge on any atom is -0.370 e. The third-order valence-corrected chi connectivity index (χ3v) is 7.29. The van der Waals surface area contributed by atoms with Gasteiger partial charge in [-0.3, -0.25) is 4.99 Å². The van der Waals surface area contributed by atoms with Crippen LogP contribution in [-0.2, 0) is 6.54 Å². The number of fused-ring (bicyclic) bond motifs is 3. The van der Waals surface area contributed by atoms with Gasteiger partial charge in [0.05, 0.1) is 5.71 Å². The van der Waals surface area contributed by atoms with Crippen LogP contribution in [0.2, 0.25) is 0 Å². The summed E-state index contributed by atoms with van der Waals surface area (Å²) in [7, 11) is 4.04. The summed E-state index contributed by atoms with van der Waals surface area (Å²) in [6.45, 7) is 9.11. The summed E-state index contributed by atoms with van der Waals surface area (Å²) < 4.78 is 0. The fourth-order valence-electron chi connectivity index (χ4n) is 5.41. The Hall–Kier alpha value is -4.43. The van der Waals surface area contributed by atoms with Crippen molar-refractivity contribution in [2.75, 3.05) is 14.1 Å². The predicted molar refractivity (Wildman–Crippen MR) is 167 cm³/mol. The molecule has 0 saturated heterocycles. The smallest absolute Gasteiger partial charge is 0.0660 e. The van der Waals surface area contributed by atoms with E-state index in [1.165, 1.54) is 32.7 Å². The lowest BCUT2D eigenvalue weighted by molar-refractivity contribution is 0.475. The van der Waals surface area contributed by atoms with Crippen molar-refractivity contribution in [1.29, 1.82) is 0 Å². The molecule has 0 bridgehead atoms. The molecule has 2 nitrogen and oxygen atoms in total. The molecule has 2 heteroatoms. The summed E-state index contributed by atoms with van der Waals surface area (Å²) in [6, 6.07) is 25.9. The van der Waals surface area contributed by atoms with Gasteiger partial charge in [0.15, 0.2) is 0 Å². The summed E-state index contributed by atoms with van der Waals surface area (Å²) in [6.07, 6.45) is 15.0. The molecule has 4 aromatic carbocycles. The first-order chi connectivity index (χ1) is 18.6. The fourth-order valence-corrected chi connectivity index (χ4v) is 5.41. The third kappa shape index (κ3) is 4.90. The Morgan fingerprint density at radius 3 is 2.21 bits per heavy atom. The molecule has 0 atom stereocenters. The molecule has 0 unspecified atom stereocenters. The van der Waals surface area contributed by atoms with Gasteiger partial charge in [0.2, 0.25) is 0 Å². The van der Waals surface area contributed by atoms with Crippen LogP contribution < -0.4 is 0 Å². The van der Waals surface area contributed by atoms with E-state index in [-0.39, 0.29) is 0 Å². The van der Waals surface area contributed by atoms with Crippen LogP contribution in [-0.4, -0.2) is 24.7 Å². The second-order valence-corrected chi connectivity index (χ2v) is 9.66. The van der Waals surface area contributed by atoms with E-state index in [0.717, 1.165) is 47.5 Å². The topological polar surface area (TPSA) is 15.6 Å². The summed E-state index contributed by atoms with van der Waals surface area (Å²) in [5, 5.41) is 4.83. The summed E-state index contributed by atoms with van der Waals surface area (Å²) >= 11 is 0. The van der Waals surface area contributed by atoms with Crippen molar-refractivity contribution in [2.24, 2.45) is 4.99 Å². The molecule has 1 aliphatic rings. The summed E-state index contributed by atoms with van der Waals surface area (Å²) in [4.78, 5) is 7.01. The average molecular weight is 495 g/mol. The second-order valence-electron chi connectivity index (χ2n) is 9.66. The minimum absolute atomic E-state index is 0.792. The van der Waals surface area contributed by atoms with Crippen LogP contribution in [0.3, 0.4) is 0 Å². The van der Waals surface area contributed by atoms with Gasteiger partial charge in [-0.2, -0.15) is 0 Å². The number of aliphatic imine (C=N–C) groups is 1. The van der Waals surface area contributed by atoms with Gasteiger partial charge in [0, 0.05) is 26.3 Å². The molecule has 5 rings (SSSR count). The summed E-state index contributed by atoms with van der Waals surface area (Å²) in [5.41, 5.74) is 7.94. The molecule has 38 heavy (non-hydrogen) atoms. The van der Waals surface area contributed by atoms with Crippen LogP contribution in [0.1, 0.15) is 35.1 Å². The number of rotatable bonds is 8. The number of nitrogens with zero attached hydrogens (tertiary/aromatic N) is 2. The van der Waals surface area contributed by atoms with Crippen molar-refractivity contribution in [3.63, 3.8) is 0 Å². The van der Waals surface area contributed by atoms with Crippen LogP contribution in [0.4, 0.5) is 0 Å². The quantitative estimate of drug-likeness (QED) is 0.176. The highest BCUT2D eigenvalue weighted by Gasteiger charge is 2.16. The number of hydrogen-bond donors (Lipinski definition) is 0. The van der Waals surface area contributed by atoms with E-state index in [1.807, 2.05) is 19.2 Å². The van der Waals surface area contributed by atoms with E-state index in [1.54, 1.807) is 0 Å². The molecule has 0 saturated carbocycles. The van der Waals surface area contributed by atoms with Crippen LogP contribution in [0, 0.1) is 0 Å². The van der Waals surface area contributed by atoms with Gasteiger partial charge in [0.1, 0.15) is 0 Å². The number of hydrogen-bond acceptors (Lipinski definition) is 2. The molecule has 4 aromatic rings. The van der Waals surface area contributed by atoms with E-state index >= 15 is 0 Å². The van der Waals surface area contributed by atoms with Crippen LogP contribution in [0.5, 0.6) is 0 Å². The Labute approximate surface area is 226 Å². The zero-order chi connectivity index (χ0) is 26.5. The van der Waals surface area contributed by atoms with Crippen molar-refractivity contribution in [1.82, 2.24) is 4.90 Å². The molecule has 0 aromatic heterocycles. The zero-order valence-corrected chi connectivity index (χ0v) is 22.3. The molecule has 0 heterocycles. The standard InChI is InChI=1S/C36H34N2/c1-5-29-30(6-2)34-23-28(21-22-33(34)32-20-14-13-19-31(29)32)36(38(4)25-26-15-9-7-10-16-26)24-35(37-3)27-17-11-8-12-18-27/h5-7,9-11,13-24H,1-2,8,12,25H2,3-4H3/b36-24-,37-35?. The van der Waals surface area contributed by atoms with Crippen LogP contribution in [0.25, 0.3) is 39.4 Å². The third-order valence-electron chi connectivity index (χ3n) is 7.29. The van der Waals surface area contributed by atoms with E-state index in [9.17, 15) is 0 Å². The van der Waals surface area contributed by atoms with Crippen LogP contribution >= 0.6 is 0 Å².